The Morgan fingerprint density at radius 1 is 1.03 bits per heavy atom. The van der Waals surface area contributed by atoms with Gasteiger partial charge in [-0.05, 0) is 41.3 Å². The van der Waals surface area contributed by atoms with Crippen molar-refractivity contribution in [3.8, 4) is 0 Å². The number of aromatic amines is 1. The Hall–Kier alpha value is -4.53. The fraction of sp³-hybridized carbons (Fsp3) is 0.160. The van der Waals surface area contributed by atoms with Crippen LogP contribution < -0.4 is 15.8 Å². The first kappa shape index (κ1) is 20.1. The van der Waals surface area contributed by atoms with Crippen molar-refractivity contribution >= 4 is 28.4 Å². The highest BCUT2D eigenvalue weighted by atomic mass is 16.2. The Morgan fingerprint density at radius 2 is 1.85 bits per heavy atom. The van der Waals surface area contributed by atoms with Crippen LogP contribution in [-0.2, 0) is 19.5 Å². The number of carbonyl (C=O) groups excluding carboxylic acids is 1. The van der Waals surface area contributed by atoms with E-state index >= 15 is 0 Å². The standard InChI is InChI=1S/C25H21N7O2/c33-23-19-7-3-4-8-20(19)32-25(29-23)28-22(30-32)24(34)27-14-16-9-10-21(26-13-16)31-12-11-17-5-1-2-6-18(17)15-31/h1-10,13H,11-12,14-15H2,(H,27,34)(H,28,29,30,33). The van der Waals surface area contributed by atoms with Crippen molar-refractivity contribution < 1.29 is 4.79 Å². The second-order valence-corrected chi connectivity index (χ2v) is 8.29. The lowest BCUT2D eigenvalue weighted by atomic mass is 10.00. The number of pyridine rings is 1. The molecular formula is C25H21N7O2. The summed E-state index contributed by atoms with van der Waals surface area (Å²) < 4.78 is 1.47. The smallest absolute Gasteiger partial charge is 0.291 e. The van der Waals surface area contributed by atoms with Crippen LogP contribution in [0.15, 0.2) is 71.7 Å². The number of nitrogens with zero attached hydrogens (tertiary/aromatic N) is 5. The number of aromatic nitrogens is 5. The average molecular weight is 451 g/mol. The number of carbonyl (C=O) groups is 1. The molecule has 0 fully saturated rings. The molecule has 2 N–H and O–H groups in total. The Balaban J connectivity index is 1.15. The second-order valence-electron chi connectivity index (χ2n) is 8.29. The number of benzene rings is 2. The summed E-state index contributed by atoms with van der Waals surface area (Å²) in [5.41, 5.74) is 3.92. The van der Waals surface area contributed by atoms with Crippen LogP contribution in [0.3, 0.4) is 0 Å². The molecule has 34 heavy (non-hydrogen) atoms. The van der Waals surface area contributed by atoms with Crippen molar-refractivity contribution in [1.29, 1.82) is 0 Å². The van der Waals surface area contributed by atoms with Crippen molar-refractivity contribution in [3.63, 3.8) is 0 Å². The number of amides is 1. The first-order chi connectivity index (χ1) is 16.7. The predicted octanol–water partition coefficient (Wildman–Crippen LogP) is 2.46. The van der Waals surface area contributed by atoms with Gasteiger partial charge in [0.15, 0.2) is 0 Å². The van der Waals surface area contributed by atoms with E-state index < -0.39 is 5.91 Å². The molecule has 9 nitrogen and oxygen atoms in total. The normalized spacial score (nSPS) is 13.2. The van der Waals surface area contributed by atoms with Crippen molar-refractivity contribution in [3.05, 3.63) is 99.7 Å². The van der Waals surface area contributed by atoms with Gasteiger partial charge in [-0.3, -0.25) is 14.6 Å². The molecule has 3 aromatic heterocycles. The molecule has 0 atom stereocenters. The molecule has 4 heterocycles. The molecule has 1 amide bonds. The van der Waals surface area contributed by atoms with Crippen LogP contribution in [0.25, 0.3) is 16.7 Å². The molecule has 9 heteroatoms. The number of anilines is 1. The quantitative estimate of drug-likeness (QED) is 0.435. The molecule has 1 aliphatic rings. The molecule has 0 saturated heterocycles. The molecular weight excluding hydrogens is 430 g/mol. The van der Waals surface area contributed by atoms with Crippen LogP contribution in [0, 0.1) is 0 Å². The monoisotopic (exact) mass is 451 g/mol. The Morgan fingerprint density at radius 3 is 2.71 bits per heavy atom. The lowest BCUT2D eigenvalue weighted by Crippen LogP contribution is -2.31. The molecule has 0 bridgehead atoms. The molecule has 1 aliphatic heterocycles. The van der Waals surface area contributed by atoms with Gasteiger partial charge < -0.3 is 10.2 Å². The van der Waals surface area contributed by atoms with Gasteiger partial charge in [0, 0.05) is 25.8 Å². The first-order valence-corrected chi connectivity index (χ1v) is 11.1. The number of hydrogen-bond acceptors (Lipinski definition) is 6. The fourth-order valence-electron chi connectivity index (χ4n) is 4.34. The molecule has 0 spiro atoms. The van der Waals surface area contributed by atoms with E-state index in [1.54, 1.807) is 24.4 Å². The summed E-state index contributed by atoms with van der Waals surface area (Å²) in [5, 5.41) is 7.60. The third kappa shape index (κ3) is 3.57. The van der Waals surface area contributed by atoms with Crippen molar-refractivity contribution in [2.24, 2.45) is 0 Å². The van der Waals surface area contributed by atoms with E-state index in [9.17, 15) is 9.59 Å². The van der Waals surface area contributed by atoms with E-state index in [2.05, 4.69) is 54.5 Å². The van der Waals surface area contributed by atoms with E-state index in [4.69, 9.17) is 0 Å². The Bertz CT molecular complexity index is 1590. The van der Waals surface area contributed by atoms with Crippen LogP contribution in [0.5, 0.6) is 0 Å². The summed E-state index contributed by atoms with van der Waals surface area (Å²) in [6.07, 6.45) is 2.78. The van der Waals surface area contributed by atoms with Gasteiger partial charge in [-0.1, -0.05) is 42.5 Å². The van der Waals surface area contributed by atoms with Crippen molar-refractivity contribution in [1.82, 2.24) is 29.9 Å². The van der Waals surface area contributed by atoms with Gasteiger partial charge in [0.05, 0.1) is 10.9 Å². The maximum absolute atomic E-state index is 12.7. The molecule has 0 unspecified atom stereocenters. The largest absolute Gasteiger partial charge is 0.352 e. The van der Waals surface area contributed by atoms with Crippen molar-refractivity contribution in [2.75, 3.05) is 11.4 Å². The van der Waals surface area contributed by atoms with E-state index in [1.165, 1.54) is 15.6 Å². The highest BCUT2D eigenvalue weighted by Crippen LogP contribution is 2.23. The molecule has 168 valence electrons. The molecule has 0 saturated carbocycles. The van der Waals surface area contributed by atoms with E-state index in [0.717, 1.165) is 30.9 Å². The summed E-state index contributed by atoms with van der Waals surface area (Å²) in [7, 11) is 0. The maximum atomic E-state index is 12.7. The van der Waals surface area contributed by atoms with E-state index in [-0.39, 0.29) is 17.2 Å². The van der Waals surface area contributed by atoms with Crippen LogP contribution >= 0.6 is 0 Å². The van der Waals surface area contributed by atoms with Crippen LogP contribution in [0.4, 0.5) is 5.82 Å². The summed E-state index contributed by atoms with van der Waals surface area (Å²) in [5.74, 6) is 0.708. The van der Waals surface area contributed by atoms with Gasteiger partial charge in [0.25, 0.3) is 11.5 Å². The zero-order valence-corrected chi connectivity index (χ0v) is 18.2. The third-order valence-corrected chi connectivity index (χ3v) is 6.13. The molecule has 0 radical (unpaired) electrons. The minimum atomic E-state index is -0.426. The molecule has 5 aromatic rings. The lowest BCUT2D eigenvalue weighted by Gasteiger charge is -2.29. The van der Waals surface area contributed by atoms with Gasteiger partial charge in [0.2, 0.25) is 11.6 Å². The van der Waals surface area contributed by atoms with Gasteiger partial charge in [0.1, 0.15) is 5.82 Å². The van der Waals surface area contributed by atoms with Gasteiger partial charge in [-0.2, -0.15) is 9.50 Å². The molecule has 0 aliphatic carbocycles. The van der Waals surface area contributed by atoms with Crippen LogP contribution in [0.1, 0.15) is 27.3 Å². The fourth-order valence-corrected chi connectivity index (χ4v) is 4.34. The second kappa shape index (κ2) is 8.11. The minimum Gasteiger partial charge on any atom is -0.352 e. The molecule has 6 rings (SSSR count). The number of H-pyrrole nitrogens is 1. The third-order valence-electron chi connectivity index (χ3n) is 6.13. The zero-order valence-electron chi connectivity index (χ0n) is 18.2. The summed E-state index contributed by atoms with van der Waals surface area (Å²) in [4.78, 5) is 38.6. The van der Waals surface area contributed by atoms with Crippen LogP contribution in [0.2, 0.25) is 0 Å². The number of nitrogens with one attached hydrogen (secondary N) is 2. The van der Waals surface area contributed by atoms with Gasteiger partial charge in [-0.25, -0.2) is 4.98 Å². The van der Waals surface area contributed by atoms with Crippen LogP contribution in [-0.4, -0.2) is 37.0 Å². The predicted molar refractivity (Wildman–Crippen MR) is 128 cm³/mol. The lowest BCUT2D eigenvalue weighted by molar-refractivity contribution is 0.0941. The van der Waals surface area contributed by atoms with E-state index in [1.807, 2.05) is 18.2 Å². The average Bonchev–Trinajstić information content (AvgIpc) is 3.32. The topological polar surface area (TPSA) is 108 Å². The maximum Gasteiger partial charge on any atom is 0.291 e. The van der Waals surface area contributed by atoms with E-state index in [0.29, 0.717) is 17.4 Å². The van der Waals surface area contributed by atoms with Gasteiger partial charge in [-0.15, -0.1) is 5.10 Å². The Labute approximate surface area is 194 Å². The summed E-state index contributed by atoms with van der Waals surface area (Å²) in [6.45, 7) is 2.06. The molecule has 2 aromatic carbocycles. The SMILES string of the molecule is O=C(NCc1ccc(N2CCc3ccccc3C2)nc1)c1nc2[nH]c(=O)c3ccccc3n2n1. The summed E-state index contributed by atoms with van der Waals surface area (Å²) >= 11 is 0. The zero-order chi connectivity index (χ0) is 23.1. The first-order valence-electron chi connectivity index (χ1n) is 11.1. The number of fused-ring (bicyclic) bond motifs is 4. The Kier molecular flexibility index (Phi) is 4.80. The highest BCUT2D eigenvalue weighted by Gasteiger charge is 2.18. The van der Waals surface area contributed by atoms with Crippen molar-refractivity contribution in [2.45, 2.75) is 19.5 Å². The number of hydrogen-bond donors (Lipinski definition) is 2. The highest BCUT2D eigenvalue weighted by molar-refractivity contribution is 5.91. The minimum absolute atomic E-state index is 0.0106. The summed E-state index contributed by atoms with van der Waals surface area (Å²) in [6, 6.07) is 19.5. The number of rotatable bonds is 4. The van der Waals surface area contributed by atoms with Gasteiger partial charge >= 0.3 is 0 Å². The number of para-hydroxylation sites is 1.